The summed E-state index contributed by atoms with van der Waals surface area (Å²) in [5.74, 6) is -0.546. The number of aromatic nitrogens is 2. The van der Waals surface area contributed by atoms with Crippen molar-refractivity contribution in [3.8, 4) is 11.5 Å². The molecule has 1 amide bonds. The zero-order valence-corrected chi connectivity index (χ0v) is 15.1. The average Bonchev–Trinajstić information content (AvgIpc) is 3.10. The number of carbonyl (C=O) groups excluding carboxylic acids is 1. The lowest BCUT2D eigenvalue weighted by Crippen LogP contribution is -2.12. The molecule has 9 heteroatoms. The molecule has 2 aromatic carbocycles. The van der Waals surface area contributed by atoms with Crippen LogP contribution < -0.4 is 5.32 Å². The molecule has 0 aliphatic rings. The number of anilines is 1. The van der Waals surface area contributed by atoms with Crippen LogP contribution in [0.5, 0.6) is 0 Å². The van der Waals surface area contributed by atoms with Gasteiger partial charge in [0.1, 0.15) is 0 Å². The molecule has 1 heterocycles. The van der Waals surface area contributed by atoms with Crippen LogP contribution in [-0.2, 0) is 6.42 Å². The smallest absolute Gasteiger partial charge is 0.322 e. The van der Waals surface area contributed by atoms with E-state index in [2.05, 4.69) is 22.4 Å². The maximum Gasteiger partial charge on any atom is 0.322 e. The molecule has 3 rings (SSSR count). The first-order chi connectivity index (χ1) is 12.9. The topological polar surface area (TPSA) is 68.0 Å². The molecule has 0 radical (unpaired) electrons. The first-order valence-electron chi connectivity index (χ1n) is 8.13. The highest BCUT2D eigenvalue weighted by Crippen LogP contribution is 2.60. The van der Waals surface area contributed by atoms with Gasteiger partial charge < -0.3 is 4.42 Å². The first kappa shape index (κ1) is 19.0. The number of hydrogen-bond donors (Lipinski definition) is 1. The van der Waals surface area contributed by atoms with Crippen LogP contribution in [0, 0.1) is 0 Å². The zero-order valence-electron chi connectivity index (χ0n) is 14.3. The Morgan fingerprint density at radius 3 is 2.52 bits per heavy atom. The van der Waals surface area contributed by atoms with Crippen molar-refractivity contribution in [3.05, 3.63) is 59.7 Å². The second-order valence-corrected chi connectivity index (χ2v) is 7.03. The van der Waals surface area contributed by atoms with E-state index in [0.29, 0.717) is 5.56 Å². The molecule has 0 saturated carbocycles. The van der Waals surface area contributed by atoms with E-state index >= 15 is 0 Å². The third-order valence-electron chi connectivity index (χ3n) is 3.75. The summed E-state index contributed by atoms with van der Waals surface area (Å²) >= 11 is -5.40. The van der Waals surface area contributed by atoms with E-state index in [1.54, 1.807) is 0 Å². The molecular weight excluding hydrogens is 379 g/mol. The van der Waals surface area contributed by atoms with Gasteiger partial charge in [0.2, 0.25) is 17.1 Å². The van der Waals surface area contributed by atoms with E-state index in [1.165, 1.54) is 17.7 Å². The van der Waals surface area contributed by atoms with Crippen molar-refractivity contribution in [2.45, 2.75) is 24.7 Å². The molecule has 3 aromatic rings. The summed E-state index contributed by atoms with van der Waals surface area (Å²) in [5, 5.41) is 9.90. The van der Waals surface area contributed by atoms with Crippen molar-refractivity contribution in [1.29, 1.82) is 0 Å². The van der Waals surface area contributed by atoms with Crippen LogP contribution >= 0.6 is 11.2 Å². The largest absolute Gasteiger partial charge is 0.403 e. The Morgan fingerprint density at radius 2 is 1.85 bits per heavy atom. The van der Waals surface area contributed by atoms with Crippen LogP contribution in [0.1, 0.15) is 29.3 Å². The molecule has 1 N–H and O–H groups in total. The van der Waals surface area contributed by atoms with E-state index in [1.807, 2.05) is 24.3 Å². The van der Waals surface area contributed by atoms with Gasteiger partial charge in [0.15, 0.2) is 0 Å². The second-order valence-electron chi connectivity index (χ2n) is 5.75. The Morgan fingerprint density at radius 1 is 1.11 bits per heavy atom. The Labute approximate surface area is 155 Å². The highest BCUT2D eigenvalue weighted by atomic mass is 32.3. The number of hydrogen-bond acceptors (Lipinski definition) is 4. The SMILES string of the molecule is CCCc1ccc(-c2nnc(NC(=O)c3cccc(S(F)(F)F)c3)o2)cc1. The lowest BCUT2D eigenvalue weighted by Gasteiger charge is -2.10. The Bertz CT molecular complexity index is 940. The Balaban J connectivity index is 1.73. The molecule has 0 atom stereocenters. The van der Waals surface area contributed by atoms with E-state index in [0.717, 1.165) is 25.0 Å². The summed E-state index contributed by atoms with van der Waals surface area (Å²) in [6.45, 7) is 2.09. The summed E-state index contributed by atoms with van der Waals surface area (Å²) in [5.41, 5.74) is 1.73. The summed E-state index contributed by atoms with van der Waals surface area (Å²) in [6, 6.07) is 11.6. The normalized spacial score (nSPS) is 12.0. The van der Waals surface area contributed by atoms with Crippen LogP contribution in [0.4, 0.5) is 17.7 Å². The molecule has 0 fully saturated rings. The summed E-state index contributed by atoms with van der Waals surface area (Å²) in [7, 11) is 0. The number of nitrogens with one attached hydrogen (secondary N) is 1. The quantitative estimate of drug-likeness (QED) is 0.576. The number of halogens is 3. The fourth-order valence-corrected chi connectivity index (χ4v) is 2.94. The van der Waals surface area contributed by atoms with Crippen molar-refractivity contribution < 1.29 is 20.9 Å². The van der Waals surface area contributed by atoms with Gasteiger partial charge in [-0.15, -0.1) is 16.8 Å². The molecule has 0 spiro atoms. The van der Waals surface area contributed by atoms with Gasteiger partial charge in [0, 0.05) is 11.1 Å². The Hall–Kier alpha value is -2.81. The predicted molar refractivity (Wildman–Crippen MR) is 97.3 cm³/mol. The molecule has 0 bridgehead atoms. The second kappa shape index (κ2) is 7.83. The number of nitrogens with zero attached hydrogens (tertiary/aromatic N) is 2. The van der Waals surface area contributed by atoms with Crippen LogP contribution in [-0.4, -0.2) is 16.1 Å². The predicted octanol–water partition coefficient (Wildman–Crippen LogP) is 5.76. The number of aryl methyl sites for hydroxylation is 1. The highest BCUT2D eigenvalue weighted by molar-refractivity contribution is 8.20. The van der Waals surface area contributed by atoms with E-state index in [-0.39, 0.29) is 17.5 Å². The molecule has 0 aliphatic heterocycles. The van der Waals surface area contributed by atoms with Crippen molar-refractivity contribution in [1.82, 2.24) is 10.2 Å². The lowest BCUT2D eigenvalue weighted by molar-refractivity contribution is 0.102. The number of benzene rings is 2. The lowest BCUT2D eigenvalue weighted by atomic mass is 10.1. The molecular formula is C18H16F3N3O2S. The monoisotopic (exact) mass is 395 g/mol. The first-order valence-corrected chi connectivity index (χ1v) is 9.46. The van der Waals surface area contributed by atoms with Gasteiger partial charge in [-0.1, -0.05) is 36.6 Å². The fourth-order valence-electron chi connectivity index (χ4n) is 2.44. The van der Waals surface area contributed by atoms with Gasteiger partial charge in [-0.3, -0.25) is 10.1 Å². The minimum atomic E-state index is -5.40. The zero-order chi connectivity index (χ0) is 19.4. The van der Waals surface area contributed by atoms with Crippen LogP contribution in [0.15, 0.2) is 57.8 Å². The van der Waals surface area contributed by atoms with Gasteiger partial charge in [0.05, 0.1) is 4.90 Å². The molecule has 0 aliphatic carbocycles. The van der Waals surface area contributed by atoms with Gasteiger partial charge in [0.25, 0.3) is 5.91 Å². The van der Waals surface area contributed by atoms with Crippen LogP contribution in [0.25, 0.3) is 11.5 Å². The van der Waals surface area contributed by atoms with Gasteiger partial charge in [-0.05, 0) is 42.3 Å². The summed E-state index contributed by atoms with van der Waals surface area (Å²) in [6.07, 6.45) is 2.00. The highest BCUT2D eigenvalue weighted by Gasteiger charge is 2.25. The number of rotatable bonds is 6. The third-order valence-corrected chi connectivity index (χ3v) is 4.54. The van der Waals surface area contributed by atoms with Gasteiger partial charge in [-0.25, -0.2) is 0 Å². The molecule has 0 saturated heterocycles. The number of amides is 1. The van der Waals surface area contributed by atoms with Crippen LogP contribution in [0.2, 0.25) is 0 Å². The van der Waals surface area contributed by atoms with Gasteiger partial charge in [-0.2, -0.15) is 0 Å². The molecule has 0 unspecified atom stereocenters. The van der Waals surface area contributed by atoms with E-state index in [9.17, 15) is 16.5 Å². The van der Waals surface area contributed by atoms with Gasteiger partial charge >= 0.3 is 6.01 Å². The van der Waals surface area contributed by atoms with Crippen molar-refractivity contribution in [2.24, 2.45) is 0 Å². The third kappa shape index (κ3) is 4.68. The number of carbonyl (C=O) groups is 1. The fraction of sp³-hybridized carbons (Fsp3) is 0.167. The average molecular weight is 395 g/mol. The minimum absolute atomic E-state index is 0.138. The standard InChI is InChI=1S/C18H16F3N3O2S/c1-2-4-12-7-9-13(10-8-12)17-23-24-18(26-17)22-16(25)14-5-3-6-15(11-14)27(19,20)21/h3,5-11H,2,4H2,1H3,(H,22,24,25). The maximum absolute atomic E-state index is 12.8. The van der Waals surface area contributed by atoms with Crippen molar-refractivity contribution in [3.63, 3.8) is 0 Å². The summed E-state index contributed by atoms with van der Waals surface area (Å²) in [4.78, 5) is 11.3. The maximum atomic E-state index is 12.8. The molecule has 27 heavy (non-hydrogen) atoms. The van der Waals surface area contributed by atoms with Crippen LogP contribution in [0.3, 0.4) is 0 Å². The molecule has 142 valence electrons. The van der Waals surface area contributed by atoms with E-state index < -0.39 is 22.0 Å². The van der Waals surface area contributed by atoms with Crippen molar-refractivity contribution >= 4 is 23.1 Å². The molecule has 1 aromatic heterocycles. The van der Waals surface area contributed by atoms with Crippen molar-refractivity contribution in [2.75, 3.05) is 5.32 Å². The Kier molecular flexibility index (Phi) is 5.50. The van der Waals surface area contributed by atoms with E-state index in [4.69, 9.17) is 4.42 Å². The minimum Gasteiger partial charge on any atom is -0.403 e. The summed E-state index contributed by atoms with van der Waals surface area (Å²) < 4.78 is 43.9. The molecule has 5 nitrogen and oxygen atoms in total.